The molecule has 0 bridgehead atoms. The van der Waals surface area contributed by atoms with Crippen LogP contribution in [-0.4, -0.2) is 45.6 Å². The highest BCUT2D eigenvalue weighted by molar-refractivity contribution is 8.06. The summed E-state index contributed by atoms with van der Waals surface area (Å²) in [4.78, 5) is 8.65. The van der Waals surface area contributed by atoms with Crippen LogP contribution in [-0.2, 0) is 0 Å². The lowest BCUT2D eigenvalue weighted by Crippen LogP contribution is -2.23. The van der Waals surface area contributed by atoms with Gasteiger partial charge in [0.15, 0.2) is 0 Å². The van der Waals surface area contributed by atoms with Crippen molar-refractivity contribution in [3.05, 3.63) is 12.3 Å². The van der Waals surface area contributed by atoms with Gasteiger partial charge in [0.05, 0.1) is 0 Å². The van der Waals surface area contributed by atoms with Crippen LogP contribution in [0.1, 0.15) is 13.3 Å². The number of anilines is 2. The molecule has 0 spiro atoms. The molecule has 0 amide bonds. The summed E-state index contributed by atoms with van der Waals surface area (Å²) in [6.07, 6.45) is 2.88. The van der Waals surface area contributed by atoms with Crippen LogP contribution in [0.3, 0.4) is 0 Å². The fraction of sp³-hybridized carbons (Fsp3) is 0.667. The summed E-state index contributed by atoms with van der Waals surface area (Å²) >= 11 is 4.10. The Bertz CT molecular complexity index is 356. The molecule has 0 saturated carbocycles. The summed E-state index contributed by atoms with van der Waals surface area (Å²) in [7, 11) is 0. The molecule has 4 nitrogen and oxygen atoms in total. The molecule has 100 valence electrons. The molecule has 1 fully saturated rings. The molecule has 18 heavy (non-hydrogen) atoms. The van der Waals surface area contributed by atoms with Gasteiger partial charge in [-0.05, 0) is 12.5 Å². The zero-order valence-electron chi connectivity index (χ0n) is 10.7. The molecule has 2 heterocycles. The molecule has 1 aromatic rings. The fourth-order valence-corrected chi connectivity index (χ4v) is 4.26. The van der Waals surface area contributed by atoms with Crippen LogP contribution in [0.25, 0.3) is 0 Å². The number of aromatic nitrogens is 2. The van der Waals surface area contributed by atoms with E-state index in [2.05, 4.69) is 39.3 Å². The van der Waals surface area contributed by atoms with Gasteiger partial charge >= 0.3 is 0 Å². The Balaban J connectivity index is 1.80. The number of rotatable bonds is 6. The van der Waals surface area contributed by atoms with Crippen LogP contribution in [0, 0.1) is 0 Å². The lowest BCUT2D eigenvalue weighted by molar-refractivity contribution is 0.945. The van der Waals surface area contributed by atoms with Gasteiger partial charge in [-0.2, -0.15) is 28.5 Å². The summed E-state index contributed by atoms with van der Waals surface area (Å²) in [5, 5.41) is 7.31. The number of nitrogens with zero attached hydrogens (tertiary/aromatic N) is 2. The third-order valence-corrected chi connectivity index (χ3v) is 5.43. The quantitative estimate of drug-likeness (QED) is 0.837. The van der Waals surface area contributed by atoms with Gasteiger partial charge in [-0.1, -0.05) is 6.92 Å². The first kappa shape index (κ1) is 13.8. The van der Waals surface area contributed by atoms with Crippen LogP contribution >= 0.6 is 23.5 Å². The number of hydrogen-bond donors (Lipinski definition) is 2. The van der Waals surface area contributed by atoms with Gasteiger partial charge in [-0.3, -0.25) is 0 Å². The van der Waals surface area contributed by atoms with E-state index in [-0.39, 0.29) is 0 Å². The van der Waals surface area contributed by atoms with Crippen molar-refractivity contribution in [1.82, 2.24) is 9.97 Å². The van der Waals surface area contributed by atoms with Gasteiger partial charge in [0.2, 0.25) is 5.95 Å². The molecule has 0 aliphatic carbocycles. The maximum absolute atomic E-state index is 4.45. The van der Waals surface area contributed by atoms with Crippen LogP contribution in [0.4, 0.5) is 11.8 Å². The smallest absolute Gasteiger partial charge is 0.224 e. The predicted molar refractivity (Wildman–Crippen MR) is 82.9 cm³/mol. The third kappa shape index (κ3) is 4.57. The van der Waals surface area contributed by atoms with E-state index in [1.165, 1.54) is 17.3 Å². The van der Waals surface area contributed by atoms with Gasteiger partial charge in [-0.25, -0.2) is 4.98 Å². The average molecular weight is 284 g/mol. The maximum Gasteiger partial charge on any atom is 0.224 e. The van der Waals surface area contributed by atoms with E-state index in [1.807, 2.05) is 17.8 Å². The second kappa shape index (κ2) is 7.74. The van der Waals surface area contributed by atoms with Crippen molar-refractivity contribution in [1.29, 1.82) is 0 Å². The first-order valence-electron chi connectivity index (χ1n) is 6.38. The van der Waals surface area contributed by atoms with E-state index < -0.39 is 0 Å². The Kier molecular flexibility index (Phi) is 5.93. The van der Waals surface area contributed by atoms with Gasteiger partial charge in [0, 0.05) is 41.8 Å². The summed E-state index contributed by atoms with van der Waals surface area (Å²) in [5.41, 5.74) is 0. The fourth-order valence-electron chi connectivity index (χ4n) is 1.65. The molecule has 1 aliphatic heterocycles. The Hall–Kier alpha value is -0.620. The molecular formula is C12H20N4S2. The van der Waals surface area contributed by atoms with E-state index in [0.29, 0.717) is 11.2 Å². The largest absolute Gasteiger partial charge is 0.369 e. The lowest BCUT2D eigenvalue weighted by Gasteiger charge is -2.21. The molecule has 2 rings (SSSR count). The lowest BCUT2D eigenvalue weighted by atomic mass is 10.4. The second-order valence-electron chi connectivity index (χ2n) is 4.14. The summed E-state index contributed by atoms with van der Waals surface area (Å²) in [6.45, 7) is 4.04. The van der Waals surface area contributed by atoms with E-state index in [0.717, 1.165) is 25.3 Å². The van der Waals surface area contributed by atoms with E-state index in [1.54, 1.807) is 6.20 Å². The van der Waals surface area contributed by atoms with E-state index in [9.17, 15) is 0 Å². The van der Waals surface area contributed by atoms with Gasteiger partial charge < -0.3 is 10.6 Å². The zero-order chi connectivity index (χ0) is 12.6. The number of nitrogens with one attached hydrogen (secondary N) is 2. The van der Waals surface area contributed by atoms with Gasteiger partial charge in [-0.15, -0.1) is 0 Å². The Labute approximate surface area is 117 Å². The van der Waals surface area contributed by atoms with Crippen molar-refractivity contribution in [2.24, 2.45) is 0 Å². The Morgan fingerprint density at radius 1 is 1.39 bits per heavy atom. The highest BCUT2D eigenvalue weighted by Gasteiger charge is 2.13. The SMILES string of the molecule is CCCNc1nccc(NCC2CSCCS2)n1. The summed E-state index contributed by atoms with van der Waals surface area (Å²) < 4.78 is 0. The first-order valence-corrected chi connectivity index (χ1v) is 8.59. The minimum Gasteiger partial charge on any atom is -0.369 e. The topological polar surface area (TPSA) is 49.8 Å². The predicted octanol–water partition coefficient (Wildman–Crippen LogP) is 2.56. The molecule has 2 N–H and O–H groups in total. The zero-order valence-corrected chi connectivity index (χ0v) is 12.3. The van der Waals surface area contributed by atoms with Crippen molar-refractivity contribution in [3.63, 3.8) is 0 Å². The second-order valence-corrected chi connectivity index (χ2v) is 6.70. The standard InChI is InChI=1S/C12H20N4S2/c1-2-4-13-12-14-5-3-11(16-12)15-8-10-9-17-6-7-18-10/h3,5,10H,2,4,6-9H2,1H3,(H2,13,14,15,16). The van der Waals surface area contributed by atoms with Gasteiger partial charge in [0.25, 0.3) is 0 Å². The highest BCUT2D eigenvalue weighted by Crippen LogP contribution is 2.24. The maximum atomic E-state index is 4.45. The van der Waals surface area contributed by atoms with E-state index >= 15 is 0 Å². The molecule has 0 radical (unpaired) electrons. The minimum absolute atomic E-state index is 0.700. The Morgan fingerprint density at radius 2 is 2.33 bits per heavy atom. The highest BCUT2D eigenvalue weighted by atomic mass is 32.2. The molecule has 1 aliphatic rings. The number of hydrogen-bond acceptors (Lipinski definition) is 6. The van der Waals surface area contributed by atoms with Crippen LogP contribution < -0.4 is 10.6 Å². The summed E-state index contributed by atoms with van der Waals surface area (Å²) in [6, 6.07) is 1.93. The van der Waals surface area contributed by atoms with E-state index in [4.69, 9.17) is 0 Å². The monoisotopic (exact) mass is 284 g/mol. The van der Waals surface area contributed by atoms with Crippen molar-refractivity contribution in [2.45, 2.75) is 18.6 Å². The normalized spacial score (nSPS) is 19.5. The minimum atomic E-state index is 0.700. The molecular weight excluding hydrogens is 264 g/mol. The average Bonchev–Trinajstić information content (AvgIpc) is 2.44. The van der Waals surface area contributed by atoms with Gasteiger partial charge in [0.1, 0.15) is 5.82 Å². The molecule has 0 aromatic carbocycles. The van der Waals surface area contributed by atoms with Crippen molar-refractivity contribution < 1.29 is 0 Å². The van der Waals surface area contributed by atoms with Crippen molar-refractivity contribution >= 4 is 35.3 Å². The third-order valence-electron chi connectivity index (χ3n) is 2.58. The molecule has 6 heteroatoms. The molecule has 1 aromatic heterocycles. The summed E-state index contributed by atoms with van der Waals surface area (Å²) in [5.74, 6) is 5.43. The van der Waals surface area contributed by atoms with Crippen LogP contribution in [0.15, 0.2) is 12.3 Å². The molecule has 1 unspecified atom stereocenters. The van der Waals surface area contributed by atoms with Crippen LogP contribution in [0.2, 0.25) is 0 Å². The molecule has 1 atom stereocenters. The van der Waals surface area contributed by atoms with Crippen molar-refractivity contribution in [2.75, 3.05) is 41.0 Å². The Morgan fingerprint density at radius 3 is 3.11 bits per heavy atom. The van der Waals surface area contributed by atoms with Crippen molar-refractivity contribution in [3.8, 4) is 0 Å². The number of thioether (sulfide) groups is 2. The molecule has 1 saturated heterocycles. The first-order chi connectivity index (χ1) is 8.88. The van der Waals surface area contributed by atoms with Crippen LogP contribution in [0.5, 0.6) is 0 Å².